The van der Waals surface area contributed by atoms with E-state index in [-0.39, 0.29) is 17.3 Å². The van der Waals surface area contributed by atoms with Crippen molar-refractivity contribution in [2.75, 3.05) is 39.3 Å². The highest BCUT2D eigenvalue weighted by Gasteiger charge is 2.33. The summed E-state index contributed by atoms with van der Waals surface area (Å²) in [5.74, 6) is -0.570. The van der Waals surface area contributed by atoms with E-state index < -0.39 is 22.0 Å². The number of piperidine rings is 1. The van der Waals surface area contributed by atoms with E-state index in [0.717, 1.165) is 12.8 Å². The van der Waals surface area contributed by atoms with Crippen LogP contribution in [0.5, 0.6) is 0 Å². The van der Waals surface area contributed by atoms with Gasteiger partial charge in [-0.3, -0.25) is 14.5 Å². The van der Waals surface area contributed by atoms with Gasteiger partial charge in [0.05, 0.1) is 11.4 Å². The number of hydrogen-bond acceptors (Lipinski definition) is 5. The summed E-state index contributed by atoms with van der Waals surface area (Å²) >= 11 is 0. The largest absolute Gasteiger partial charge is 0.368 e. The van der Waals surface area contributed by atoms with Crippen molar-refractivity contribution in [3.8, 4) is 0 Å². The molecular weight excluding hydrogens is 368 g/mol. The van der Waals surface area contributed by atoms with Gasteiger partial charge in [0, 0.05) is 32.7 Å². The molecule has 1 aromatic rings. The molecule has 0 bridgehead atoms. The van der Waals surface area contributed by atoms with Crippen LogP contribution >= 0.6 is 0 Å². The topological polar surface area (TPSA) is 104 Å². The van der Waals surface area contributed by atoms with Gasteiger partial charge in [-0.1, -0.05) is 18.2 Å². The number of carbonyl (C=O) groups is 2. The first-order valence-corrected chi connectivity index (χ1v) is 10.7. The van der Waals surface area contributed by atoms with Gasteiger partial charge in [-0.15, -0.1) is 0 Å². The minimum absolute atomic E-state index is 0.113. The molecule has 148 valence electrons. The first kappa shape index (κ1) is 19.8. The molecular formula is C18H26N4O4S. The third-order valence-corrected chi connectivity index (χ3v) is 7.14. The number of hydrogen-bond donors (Lipinski definition) is 1. The van der Waals surface area contributed by atoms with Crippen molar-refractivity contribution in [1.29, 1.82) is 0 Å². The molecule has 9 heteroatoms. The Morgan fingerprint density at radius 2 is 1.67 bits per heavy atom. The lowest BCUT2D eigenvalue weighted by Crippen LogP contribution is -2.55. The molecule has 2 saturated heterocycles. The van der Waals surface area contributed by atoms with Crippen LogP contribution in [-0.4, -0.2) is 79.6 Å². The molecule has 3 rings (SSSR count). The van der Waals surface area contributed by atoms with E-state index in [1.165, 1.54) is 4.31 Å². The highest BCUT2D eigenvalue weighted by atomic mass is 32.2. The number of primary amides is 1. The second kappa shape index (κ2) is 8.37. The first-order valence-electron chi connectivity index (χ1n) is 9.26. The van der Waals surface area contributed by atoms with Crippen LogP contribution in [-0.2, 0) is 19.6 Å². The van der Waals surface area contributed by atoms with Gasteiger partial charge in [-0.25, -0.2) is 8.42 Å². The molecule has 0 unspecified atom stereocenters. The maximum Gasteiger partial charge on any atom is 0.243 e. The fraction of sp³-hybridized carbons (Fsp3) is 0.556. The van der Waals surface area contributed by atoms with E-state index in [4.69, 9.17) is 5.73 Å². The summed E-state index contributed by atoms with van der Waals surface area (Å²) in [5.41, 5.74) is 5.43. The molecule has 0 spiro atoms. The molecule has 2 aliphatic rings. The Balaban J connectivity index is 1.56. The lowest BCUT2D eigenvalue weighted by molar-refractivity contribution is -0.142. The summed E-state index contributed by atoms with van der Waals surface area (Å²) in [6.45, 7) is 2.37. The number of nitrogens with two attached hydrogens (primary N) is 1. The Morgan fingerprint density at radius 1 is 1.00 bits per heavy atom. The average molecular weight is 394 g/mol. The smallest absolute Gasteiger partial charge is 0.243 e. The maximum absolute atomic E-state index is 12.7. The molecule has 2 heterocycles. The zero-order valence-electron chi connectivity index (χ0n) is 15.3. The Kier molecular flexibility index (Phi) is 6.13. The second-order valence-corrected chi connectivity index (χ2v) is 8.93. The summed E-state index contributed by atoms with van der Waals surface area (Å²) in [5, 5.41) is 0. The quantitative estimate of drug-likeness (QED) is 0.749. The number of piperazine rings is 1. The van der Waals surface area contributed by atoms with Gasteiger partial charge in [-0.2, -0.15) is 4.31 Å². The Morgan fingerprint density at radius 3 is 2.30 bits per heavy atom. The lowest BCUT2D eigenvalue weighted by Gasteiger charge is -2.37. The zero-order valence-corrected chi connectivity index (χ0v) is 16.1. The van der Waals surface area contributed by atoms with Gasteiger partial charge in [0.1, 0.15) is 6.04 Å². The Bertz CT molecular complexity index is 776. The fourth-order valence-corrected chi connectivity index (χ4v) is 5.12. The van der Waals surface area contributed by atoms with Crippen molar-refractivity contribution in [1.82, 2.24) is 14.1 Å². The van der Waals surface area contributed by atoms with Gasteiger partial charge >= 0.3 is 0 Å². The van der Waals surface area contributed by atoms with Crippen LogP contribution in [0, 0.1) is 0 Å². The molecule has 0 aromatic heterocycles. The molecule has 1 atom stereocenters. The van der Waals surface area contributed by atoms with E-state index in [2.05, 4.69) is 0 Å². The van der Waals surface area contributed by atoms with Gasteiger partial charge < -0.3 is 10.6 Å². The highest BCUT2D eigenvalue weighted by Crippen LogP contribution is 2.19. The summed E-state index contributed by atoms with van der Waals surface area (Å²) in [4.78, 5) is 28.0. The van der Waals surface area contributed by atoms with Crippen LogP contribution in [0.15, 0.2) is 35.2 Å². The standard InChI is InChI=1S/C18H26N4O4S/c19-18(24)16-8-4-5-9-22(16)17(23)14-20-10-12-21(13-11-20)27(25,26)15-6-2-1-3-7-15/h1-3,6-7,16H,4-5,8-14H2,(H2,19,24)/t16-/m0/s1. The number of likely N-dealkylation sites (tertiary alicyclic amines) is 1. The van der Waals surface area contributed by atoms with Crippen LogP contribution in [0.4, 0.5) is 0 Å². The SMILES string of the molecule is NC(=O)[C@@H]1CCCCN1C(=O)CN1CCN(S(=O)(=O)c2ccccc2)CC1. The van der Waals surface area contributed by atoms with Gasteiger partial charge in [0.15, 0.2) is 0 Å². The van der Waals surface area contributed by atoms with E-state index in [1.54, 1.807) is 35.2 Å². The predicted molar refractivity (Wildman–Crippen MR) is 100 cm³/mol. The Labute approximate surface area is 160 Å². The number of benzene rings is 1. The van der Waals surface area contributed by atoms with E-state index >= 15 is 0 Å². The number of rotatable bonds is 5. The van der Waals surface area contributed by atoms with Gasteiger partial charge in [-0.05, 0) is 31.4 Å². The van der Waals surface area contributed by atoms with E-state index in [1.807, 2.05) is 4.90 Å². The summed E-state index contributed by atoms with van der Waals surface area (Å²) in [6.07, 6.45) is 2.39. The minimum atomic E-state index is -3.50. The van der Waals surface area contributed by atoms with Crippen molar-refractivity contribution in [2.45, 2.75) is 30.2 Å². The average Bonchev–Trinajstić information content (AvgIpc) is 2.69. The van der Waals surface area contributed by atoms with Crippen LogP contribution in [0.2, 0.25) is 0 Å². The highest BCUT2D eigenvalue weighted by molar-refractivity contribution is 7.89. The van der Waals surface area contributed by atoms with Gasteiger partial charge in [0.25, 0.3) is 0 Å². The molecule has 0 radical (unpaired) electrons. The van der Waals surface area contributed by atoms with Crippen LogP contribution in [0.3, 0.4) is 0 Å². The molecule has 0 saturated carbocycles. The number of amides is 2. The minimum Gasteiger partial charge on any atom is -0.368 e. The summed E-state index contributed by atoms with van der Waals surface area (Å²) in [7, 11) is -3.50. The van der Waals surface area contributed by atoms with Crippen molar-refractivity contribution in [2.24, 2.45) is 5.73 Å². The van der Waals surface area contributed by atoms with Crippen molar-refractivity contribution in [3.63, 3.8) is 0 Å². The monoisotopic (exact) mass is 394 g/mol. The van der Waals surface area contributed by atoms with Crippen molar-refractivity contribution < 1.29 is 18.0 Å². The Hall–Kier alpha value is -1.97. The molecule has 2 amide bonds. The van der Waals surface area contributed by atoms with Crippen molar-refractivity contribution >= 4 is 21.8 Å². The molecule has 2 N–H and O–H groups in total. The number of sulfonamides is 1. The molecule has 2 aliphatic heterocycles. The molecule has 1 aromatic carbocycles. The van der Waals surface area contributed by atoms with Crippen molar-refractivity contribution in [3.05, 3.63) is 30.3 Å². The number of nitrogens with zero attached hydrogens (tertiary/aromatic N) is 3. The van der Waals surface area contributed by atoms with Crippen LogP contribution in [0.1, 0.15) is 19.3 Å². The third-order valence-electron chi connectivity index (χ3n) is 5.22. The first-order chi connectivity index (χ1) is 12.9. The third kappa shape index (κ3) is 4.48. The summed E-state index contributed by atoms with van der Waals surface area (Å²) < 4.78 is 26.8. The normalized spacial score (nSPS) is 22.5. The maximum atomic E-state index is 12.7. The second-order valence-electron chi connectivity index (χ2n) is 6.99. The lowest BCUT2D eigenvalue weighted by atomic mass is 10.0. The summed E-state index contributed by atoms with van der Waals surface area (Å²) in [6, 6.07) is 7.84. The zero-order chi connectivity index (χ0) is 19.4. The van der Waals surface area contributed by atoms with E-state index in [0.29, 0.717) is 39.1 Å². The predicted octanol–water partition coefficient (Wildman–Crippen LogP) is -0.141. The number of carbonyl (C=O) groups excluding carboxylic acids is 2. The molecule has 0 aliphatic carbocycles. The fourth-order valence-electron chi connectivity index (χ4n) is 3.68. The molecule has 2 fully saturated rings. The van der Waals surface area contributed by atoms with Crippen LogP contribution < -0.4 is 5.73 Å². The van der Waals surface area contributed by atoms with Crippen LogP contribution in [0.25, 0.3) is 0 Å². The van der Waals surface area contributed by atoms with E-state index in [9.17, 15) is 18.0 Å². The molecule has 8 nitrogen and oxygen atoms in total. The van der Waals surface area contributed by atoms with Gasteiger partial charge in [0.2, 0.25) is 21.8 Å². The molecule has 27 heavy (non-hydrogen) atoms.